The van der Waals surface area contributed by atoms with Crippen molar-refractivity contribution in [1.29, 1.82) is 5.26 Å². The predicted molar refractivity (Wildman–Crippen MR) is 110 cm³/mol. The third kappa shape index (κ3) is 5.53. The molecule has 0 radical (unpaired) electrons. The van der Waals surface area contributed by atoms with Crippen LogP contribution in [0.5, 0.6) is 0 Å². The van der Waals surface area contributed by atoms with E-state index in [-0.39, 0.29) is 17.4 Å². The minimum absolute atomic E-state index is 0.100. The molecule has 29 heavy (non-hydrogen) atoms. The summed E-state index contributed by atoms with van der Waals surface area (Å²) in [5.41, 5.74) is 1.68. The summed E-state index contributed by atoms with van der Waals surface area (Å²) in [5.74, 6) is -0.789. The molecule has 6 heteroatoms. The van der Waals surface area contributed by atoms with Gasteiger partial charge in [0.05, 0.1) is 6.04 Å². The molecule has 0 spiro atoms. The molecule has 1 saturated heterocycles. The van der Waals surface area contributed by atoms with Crippen molar-refractivity contribution in [3.8, 4) is 6.07 Å². The van der Waals surface area contributed by atoms with Crippen molar-refractivity contribution in [2.24, 2.45) is 5.92 Å². The fraction of sp³-hybridized carbons (Fsp3) is 0.261. The van der Waals surface area contributed by atoms with Crippen LogP contribution in [0.3, 0.4) is 0 Å². The molecule has 2 aromatic carbocycles. The lowest BCUT2D eigenvalue weighted by Gasteiger charge is -2.21. The molecule has 1 aliphatic rings. The summed E-state index contributed by atoms with van der Waals surface area (Å²) in [7, 11) is 0. The number of carbonyl (C=O) groups is 2. The van der Waals surface area contributed by atoms with Crippen LogP contribution in [0.25, 0.3) is 0 Å². The molecule has 3 rings (SSSR count). The molecule has 0 aromatic heterocycles. The number of hydrogen-bond acceptors (Lipinski definition) is 4. The second-order valence-electron chi connectivity index (χ2n) is 6.93. The minimum Gasteiger partial charge on any atom is -0.340 e. The molecule has 0 bridgehead atoms. The lowest BCUT2D eigenvalue weighted by Crippen LogP contribution is -2.37. The molecule has 1 fully saturated rings. The van der Waals surface area contributed by atoms with Crippen LogP contribution in [0.15, 0.2) is 72.4 Å². The summed E-state index contributed by atoms with van der Waals surface area (Å²) in [6, 6.07) is 20.6. The average molecular weight is 388 g/mol. The van der Waals surface area contributed by atoms with Crippen molar-refractivity contribution in [2.75, 3.05) is 13.1 Å². The Labute approximate surface area is 170 Å². The van der Waals surface area contributed by atoms with Gasteiger partial charge in [-0.3, -0.25) is 9.59 Å². The van der Waals surface area contributed by atoms with Crippen LogP contribution in [0, 0.1) is 17.2 Å². The highest BCUT2D eigenvalue weighted by atomic mass is 16.2. The van der Waals surface area contributed by atoms with E-state index in [0.29, 0.717) is 0 Å². The lowest BCUT2D eigenvalue weighted by atomic mass is 9.97. The van der Waals surface area contributed by atoms with E-state index in [9.17, 15) is 14.9 Å². The van der Waals surface area contributed by atoms with Gasteiger partial charge in [0.2, 0.25) is 5.91 Å². The van der Waals surface area contributed by atoms with Crippen molar-refractivity contribution >= 4 is 11.8 Å². The van der Waals surface area contributed by atoms with Crippen LogP contribution < -0.4 is 16.0 Å². The van der Waals surface area contributed by atoms with Crippen LogP contribution in [-0.2, 0) is 9.59 Å². The molecule has 6 nitrogen and oxygen atoms in total. The average Bonchev–Trinajstić information content (AvgIpc) is 2.79. The maximum Gasteiger partial charge on any atom is 0.264 e. The Morgan fingerprint density at radius 2 is 1.55 bits per heavy atom. The zero-order valence-corrected chi connectivity index (χ0v) is 16.1. The van der Waals surface area contributed by atoms with Crippen LogP contribution >= 0.6 is 0 Å². The van der Waals surface area contributed by atoms with E-state index >= 15 is 0 Å². The number of benzene rings is 2. The molecular formula is C23H24N4O2. The SMILES string of the molecule is N#C/C(=C/NC(=O)C1CCNCC1)C(=O)NC(c1ccccc1)c1ccccc1. The predicted octanol–water partition coefficient (Wildman–Crippen LogP) is 2.42. The topological polar surface area (TPSA) is 94.0 Å². The quantitative estimate of drug-likeness (QED) is 0.523. The van der Waals surface area contributed by atoms with Gasteiger partial charge in [-0.15, -0.1) is 0 Å². The number of nitrogens with zero attached hydrogens (tertiary/aromatic N) is 1. The molecule has 0 unspecified atom stereocenters. The van der Waals surface area contributed by atoms with Crippen molar-refractivity contribution in [1.82, 2.24) is 16.0 Å². The molecule has 1 aliphatic heterocycles. The molecule has 2 aromatic rings. The van der Waals surface area contributed by atoms with Crippen LogP contribution in [0.4, 0.5) is 0 Å². The highest BCUT2D eigenvalue weighted by Gasteiger charge is 2.22. The summed E-state index contributed by atoms with van der Waals surface area (Å²) in [6.45, 7) is 1.59. The van der Waals surface area contributed by atoms with E-state index in [0.717, 1.165) is 37.1 Å². The zero-order chi connectivity index (χ0) is 20.5. The first kappa shape index (κ1) is 20.3. The number of carbonyl (C=O) groups excluding carboxylic acids is 2. The van der Waals surface area contributed by atoms with Gasteiger partial charge in [0.25, 0.3) is 5.91 Å². The second-order valence-corrected chi connectivity index (χ2v) is 6.93. The molecule has 148 valence electrons. The first-order valence-corrected chi connectivity index (χ1v) is 9.71. The normalized spacial score (nSPS) is 14.8. The van der Waals surface area contributed by atoms with E-state index in [1.807, 2.05) is 66.7 Å². The van der Waals surface area contributed by atoms with Gasteiger partial charge >= 0.3 is 0 Å². The molecule has 3 N–H and O–H groups in total. The van der Waals surface area contributed by atoms with E-state index in [1.165, 1.54) is 6.20 Å². The van der Waals surface area contributed by atoms with E-state index in [2.05, 4.69) is 16.0 Å². The van der Waals surface area contributed by atoms with Gasteiger partial charge in [0.1, 0.15) is 11.6 Å². The van der Waals surface area contributed by atoms with E-state index < -0.39 is 11.9 Å². The third-order valence-corrected chi connectivity index (χ3v) is 4.98. The number of amides is 2. The Bertz CT molecular complexity index is 858. The van der Waals surface area contributed by atoms with Crippen LogP contribution in [0.1, 0.15) is 30.0 Å². The van der Waals surface area contributed by atoms with E-state index in [1.54, 1.807) is 0 Å². The standard InChI is InChI=1S/C23H24N4O2/c24-15-20(16-26-22(28)19-11-13-25-14-12-19)23(29)27-21(17-7-3-1-4-8-17)18-9-5-2-6-10-18/h1-10,16,19,21,25H,11-14H2,(H,26,28)(H,27,29)/b20-16-. The Balaban J connectivity index is 1.73. The van der Waals surface area contributed by atoms with E-state index in [4.69, 9.17) is 0 Å². The highest BCUT2D eigenvalue weighted by molar-refractivity contribution is 5.98. The molecule has 1 heterocycles. The molecular weight excluding hydrogens is 364 g/mol. The Kier molecular flexibility index (Phi) is 7.15. The number of rotatable bonds is 6. The zero-order valence-electron chi connectivity index (χ0n) is 16.1. The van der Waals surface area contributed by atoms with Crippen molar-refractivity contribution in [3.05, 3.63) is 83.6 Å². The van der Waals surface area contributed by atoms with Gasteiger partial charge in [-0.05, 0) is 37.1 Å². The Morgan fingerprint density at radius 3 is 2.07 bits per heavy atom. The number of hydrogen-bond donors (Lipinski definition) is 3. The highest BCUT2D eigenvalue weighted by Crippen LogP contribution is 2.22. The maximum atomic E-state index is 12.8. The van der Waals surface area contributed by atoms with Gasteiger partial charge in [-0.1, -0.05) is 60.7 Å². The molecule has 2 amide bonds. The summed E-state index contributed by atoms with van der Waals surface area (Å²) in [6.07, 6.45) is 2.71. The maximum absolute atomic E-state index is 12.8. The Morgan fingerprint density at radius 1 is 1.00 bits per heavy atom. The molecule has 0 aliphatic carbocycles. The first-order valence-electron chi connectivity index (χ1n) is 9.71. The minimum atomic E-state index is -0.532. The summed E-state index contributed by atoms with van der Waals surface area (Å²) in [4.78, 5) is 25.0. The molecule has 0 atom stereocenters. The number of nitrogens with one attached hydrogen (secondary N) is 3. The fourth-order valence-corrected chi connectivity index (χ4v) is 3.35. The van der Waals surface area contributed by atoms with Crippen molar-refractivity contribution < 1.29 is 9.59 Å². The van der Waals surface area contributed by atoms with Gasteiger partial charge in [-0.2, -0.15) is 5.26 Å². The monoisotopic (exact) mass is 388 g/mol. The molecule has 0 saturated carbocycles. The Hall–Kier alpha value is -3.43. The number of piperidine rings is 1. The summed E-state index contributed by atoms with van der Waals surface area (Å²) >= 11 is 0. The number of nitriles is 1. The van der Waals surface area contributed by atoms with Gasteiger partial charge in [-0.25, -0.2) is 0 Å². The van der Waals surface area contributed by atoms with Gasteiger partial charge < -0.3 is 16.0 Å². The summed E-state index contributed by atoms with van der Waals surface area (Å²) < 4.78 is 0. The van der Waals surface area contributed by atoms with Crippen molar-refractivity contribution in [3.63, 3.8) is 0 Å². The van der Waals surface area contributed by atoms with Crippen molar-refractivity contribution in [2.45, 2.75) is 18.9 Å². The fourth-order valence-electron chi connectivity index (χ4n) is 3.35. The van der Waals surface area contributed by atoms with Crippen LogP contribution in [0.2, 0.25) is 0 Å². The van der Waals surface area contributed by atoms with Gasteiger partial charge in [0.15, 0.2) is 0 Å². The lowest BCUT2D eigenvalue weighted by molar-refractivity contribution is -0.124. The van der Waals surface area contributed by atoms with Gasteiger partial charge in [0, 0.05) is 12.1 Å². The largest absolute Gasteiger partial charge is 0.340 e. The van der Waals surface area contributed by atoms with Crippen LogP contribution in [-0.4, -0.2) is 24.9 Å². The third-order valence-electron chi connectivity index (χ3n) is 4.98. The first-order chi connectivity index (χ1) is 14.2. The smallest absolute Gasteiger partial charge is 0.264 e. The summed E-state index contributed by atoms with van der Waals surface area (Å²) in [5, 5.41) is 18.2. The second kappa shape index (κ2) is 10.2.